The van der Waals surface area contributed by atoms with E-state index in [2.05, 4.69) is 76.0 Å². The summed E-state index contributed by atoms with van der Waals surface area (Å²) in [5.41, 5.74) is 6.57. The maximum absolute atomic E-state index is 6.18. The van der Waals surface area contributed by atoms with Gasteiger partial charge in [0.15, 0.2) is 0 Å². The van der Waals surface area contributed by atoms with Gasteiger partial charge in [-0.25, -0.2) is 0 Å². The van der Waals surface area contributed by atoms with E-state index in [4.69, 9.17) is 4.74 Å². The number of hydrogen-bond acceptors (Lipinski definition) is 3. The van der Waals surface area contributed by atoms with E-state index in [1.165, 1.54) is 68.9 Å². The highest BCUT2D eigenvalue weighted by atomic mass is 16.5. The zero-order valence-electron chi connectivity index (χ0n) is 22.0. The van der Waals surface area contributed by atoms with Crippen LogP contribution in [-0.2, 0) is 0 Å². The van der Waals surface area contributed by atoms with Crippen molar-refractivity contribution < 1.29 is 4.74 Å². The second-order valence-electron chi connectivity index (χ2n) is 9.85. The van der Waals surface area contributed by atoms with Crippen molar-refractivity contribution in [3.63, 3.8) is 0 Å². The first-order valence-electron chi connectivity index (χ1n) is 13.2. The van der Waals surface area contributed by atoms with Crippen molar-refractivity contribution in [2.75, 3.05) is 6.61 Å². The molecule has 0 N–H and O–H groups in total. The summed E-state index contributed by atoms with van der Waals surface area (Å²) in [4.78, 5) is 0. The summed E-state index contributed by atoms with van der Waals surface area (Å²) in [6.07, 6.45) is 13.4. The topological polar surface area (TPSA) is 34.0 Å². The van der Waals surface area contributed by atoms with Crippen LogP contribution in [0.1, 0.15) is 113 Å². The summed E-state index contributed by atoms with van der Waals surface area (Å²) >= 11 is 0. The predicted octanol–water partition coefficient (Wildman–Crippen LogP) is 10.5. The van der Waals surface area contributed by atoms with E-state index in [-0.39, 0.29) is 0 Å². The largest absolute Gasteiger partial charge is 0.493 e. The van der Waals surface area contributed by atoms with Crippen LogP contribution in [0, 0.1) is 20.8 Å². The normalized spacial score (nSPS) is 11.6. The Balaban J connectivity index is 1.85. The van der Waals surface area contributed by atoms with Crippen LogP contribution in [0.15, 0.2) is 40.6 Å². The zero-order valence-corrected chi connectivity index (χ0v) is 22.0. The molecule has 0 aliphatic carbocycles. The predicted molar refractivity (Wildman–Crippen MR) is 143 cm³/mol. The fourth-order valence-corrected chi connectivity index (χ4v) is 4.19. The molecule has 3 heteroatoms. The lowest BCUT2D eigenvalue weighted by molar-refractivity contribution is 0.302. The zero-order chi connectivity index (χ0) is 24.1. The first kappa shape index (κ1) is 27.1. The molecule has 0 aliphatic heterocycles. The van der Waals surface area contributed by atoms with Gasteiger partial charge >= 0.3 is 0 Å². The van der Waals surface area contributed by atoms with Crippen LogP contribution in [0.2, 0.25) is 0 Å². The van der Waals surface area contributed by atoms with Gasteiger partial charge in [-0.3, -0.25) is 0 Å². The minimum absolute atomic E-state index is 0.360. The minimum atomic E-state index is 0.360. The van der Waals surface area contributed by atoms with Crippen molar-refractivity contribution in [2.24, 2.45) is 10.2 Å². The van der Waals surface area contributed by atoms with Gasteiger partial charge in [0.1, 0.15) is 5.75 Å². The first-order chi connectivity index (χ1) is 15.9. The molecule has 0 bridgehead atoms. The number of aryl methyl sites for hydroxylation is 3. The highest BCUT2D eigenvalue weighted by Gasteiger charge is 2.12. The third-order valence-electron chi connectivity index (χ3n) is 6.32. The highest BCUT2D eigenvalue weighted by molar-refractivity contribution is 5.55. The second kappa shape index (κ2) is 14.9. The molecule has 0 saturated heterocycles. The lowest BCUT2D eigenvalue weighted by atomic mass is 9.99. The van der Waals surface area contributed by atoms with Crippen LogP contribution in [0.25, 0.3) is 0 Å². The fourth-order valence-electron chi connectivity index (χ4n) is 4.19. The molecular weight excluding hydrogens is 404 g/mol. The summed E-state index contributed by atoms with van der Waals surface area (Å²) in [6, 6.07) is 10.6. The summed E-state index contributed by atoms with van der Waals surface area (Å²) in [5.74, 6) is 1.35. The highest BCUT2D eigenvalue weighted by Crippen LogP contribution is 2.35. The van der Waals surface area contributed by atoms with Gasteiger partial charge in [0, 0.05) is 0 Å². The smallest absolute Gasteiger partial charge is 0.122 e. The van der Waals surface area contributed by atoms with Gasteiger partial charge in [0.25, 0.3) is 0 Å². The van der Waals surface area contributed by atoms with Crippen LogP contribution in [0.3, 0.4) is 0 Å². The standard InChI is InChI=1S/C30H46N2O/c1-7-8-9-10-11-12-13-14-15-16-19-33-30-22-27(23(2)3)29(21-26(30)6)32-31-28-18-17-24(4)20-25(28)5/h17-18,20-23H,7-16,19H2,1-6H3. The molecule has 0 amide bonds. The van der Waals surface area contributed by atoms with Gasteiger partial charge in [-0.05, 0) is 68.0 Å². The Morgan fingerprint density at radius 1 is 0.697 bits per heavy atom. The lowest BCUT2D eigenvalue weighted by Crippen LogP contribution is -2.00. The average molecular weight is 451 g/mol. The van der Waals surface area contributed by atoms with E-state index in [1.807, 2.05) is 6.07 Å². The molecule has 182 valence electrons. The Kier molecular flexibility index (Phi) is 12.2. The van der Waals surface area contributed by atoms with Crippen molar-refractivity contribution in [1.29, 1.82) is 0 Å². The Bertz CT molecular complexity index is 870. The van der Waals surface area contributed by atoms with E-state index >= 15 is 0 Å². The van der Waals surface area contributed by atoms with Gasteiger partial charge in [0.2, 0.25) is 0 Å². The maximum atomic E-state index is 6.18. The number of azo groups is 1. The third kappa shape index (κ3) is 9.70. The molecule has 33 heavy (non-hydrogen) atoms. The molecule has 2 aromatic carbocycles. The van der Waals surface area contributed by atoms with Crippen LogP contribution in [-0.4, -0.2) is 6.61 Å². The molecule has 0 aliphatic rings. The fraction of sp³-hybridized carbons (Fsp3) is 0.600. The Morgan fingerprint density at radius 2 is 1.30 bits per heavy atom. The average Bonchev–Trinajstić information content (AvgIpc) is 2.77. The van der Waals surface area contributed by atoms with Crippen LogP contribution in [0.5, 0.6) is 5.75 Å². The minimum Gasteiger partial charge on any atom is -0.493 e. The maximum Gasteiger partial charge on any atom is 0.122 e. The summed E-state index contributed by atoms with van der Waals surface area (Å²) < 4.78 is 6.18. The molecule has 3 nitrogen and oxygen atoms in total. The molecule has 0 aromatic heterocycles. The van der Waals surface area contributed by atoms with Gasteiger partial charge in [0.05, 0.1) is 18.0 Å². The van der Waals surface area contributed by atoms with Gasteiger partial charge in [-0.2, -0.15) is 10.2 Å². The number of ether oxygens (including phenoxy) is 1. The van der Waals surface area contributed by atoms with Crippen molar-refractivity contribution >= 4 is 11.4 Å². The van der Waals surface area contributed by atoms with Crippen molar-refractivity contribution in [3.8, 4) is 5.75 Å². The SMILES string of the molecule is CCCCCCCCCCCCOc1cc(C(C)C)c(N=Nc2ccc(C)cc2C)cc1C. The molecule has 0 atom stereocenters. The van der Waals surface area contributed by atoms with E-state index < -0.39 is 0 Å². The van der Waals surface area contributed by atoms with E-state index in [0.29, 0.717) is 5.92 Å². The molecule has 2 aromatic rings. The van der Waals surface area contributed by atoms with E-state index in [1.54, 1.807) is 0 Å². The van der Waals surface area contributed by atoms with Crippen LogP contribution < -0.4 is 4.74 Å². The van der Waals surface area contributed by atoms with Crippen molar-refractivity contribution in [1.82, 2.24) is 0 Å². The molecule has 0 spiro atoms. The molecule has 2 rings (SSSR count). The Morgan fingerprint density at radius 3 is 1.91 bits per heavy atom. The van der Waals surface area contributed by atoms with Gasteiger partial charge in [-0.1, -0.05) is 96.3 Å². The number of rotatable bonds is 15. The van der Waals surface area contributed by atoms with Gasteiger partial charge in [-0.15, -0.1) is 0 Å². The first-order valence-corrected chi connectivity index (χ1v) is 13.2. The molecule has 0 heterocycles. The van der Waals surface area contributed by atoms with Crippen LogP contribution in [0.4, 0.5) is 11.4 Å². The lowest BCUT2D eigenvalue weighted by Gasteiger charge is -2.15. The molecule has 0 radical (unpaired) electrons. The summed E-state index contributed by atoms with van der Waals surface area (Å²) in [7, 11) is 0. The summed E-state index contributed by atoms with van der Waals surface area (Å²) in [6.45, 7) is 13.8. The third-order valence-corrected chi connectivity index (χ3v) is 6.32. The van der Waals surface area contributed by atoms with E-state index in [0.717, 1.165) is 41.3 Å². The molecule has 0 saturated carbocycles. The number of benzene rings is 2. The van der Waals surface area contributed by atoms with Gasteiger partial charge < -0.3 is 4.74 Å². The Hall–Kier alpha value is -2.16. The number of unbranched alkanes of at least 4 members (excludes halogenated alkanes) is 9. The second-order valence-corrected chi connectivity index (χ2v) is 9.85. The molecular formula is C30H46N2O. The summed E-state index contributed by atoms with van der Waals surface area (Å²) in [5, 5.41) is 9.17. The van der Waals surface area contributed by atoms with E-state index in [9.17, 15) is 0 Å². The molecule has 0 fully saturated rings. The number of nitrogens with zero attached hydrogens (tertiary/aromatic N) is 2. The quantitative estimate of drug-likeness (QED) is 0.196. The van der Waals surface area contributed by atoms with Crippen molar-refractivity contribution in [2.45, 2.75) is 112 Å². The Labute approximate surface area is 203 Å². The monoisotopic (exact) mass is 450 g/mol. The van der Waals surface area contributed by atoms with Crippen LogP contribution >= 0.6 is 0 Å². The van der Waals surface area contributed by atoms with Crippen molar-refractivity contribution in [3.05, 3.63) is 52.6 Å². The molecule has 0 unspecified atom stereocenters. The number of hydrogen-bond donors (Lipinski definition) is 0.